The Morgan fingerprint density at radius 1 is 1.23 bits per heavy atom. The maximum atomic E-state index is 12.0. The van der Waals surface area contributed by atoms with Crippen LogP contribution in [0, 0.1) is 0 Å². The van der Waals surface area contributed by atoms with Crippen LogP contribution in [-0.2, 0) is 0 Å². The van der Waals surface area contributed by atoms with Gasteiger partial charge in [0.1, 0.15) is 0 Å². The summed E-state index contributed by atoms with van der Waals surface area (Å²) >= 11 is 0. The molecule has 0 aliphatic carbocycles. The van der Waals surface area contributed by atoms with Crippen molar-refractivity contribution in [3.8, 4) is 0 Å². The standard InChI is InChI=1S/C9H14F3N/c1-6(8(3)13)4-5-7(2)9(10,11)12/h2,4-5,13H2,1,3H3/b8-6+. The van der Waals surface area contributed by atoms with Crippen molar-refractivity contribution in [2.45, 2.75) is 32.9 Å². The van der Waals surface area contributed by atoms with E-state index in [0.717, 1.165) is 5.57 Å². The van der Waals surface area contributed by atoms with Crippen molar-refractivity contribution in [2.24, 2.45) is 5.73 Å². The van der Waals surface area contributed by atoms with Gasteiger partial charge in [-0.1, -0.05) is 12.2 Å². The first-order valence-electron chi connectivity index (χ1n) is 3.92. The summed E-state index contributed by atoms with van der Waals surface area (Å²) in [6.45, 7) is 6.36. The summed E-state index contributed by atoms with van der Waals surface area (Å²) in [5.74, 6) is 0. The van der Waals surface area contributed by atoms with Crippen LogP contribution >= 0.6 is 0 Å². The molecule has 13 heavy (non-hydrogen) atoms. The molecule has 0 aliphatic rings. The van der Waals surface area contributed by atoms with Gasteiger partial charge in [0, 0.05) is 11.3 Å². The van der Waals surface area contributed by atoms with Gasteiger partial charge < -0.3 is 5.73 Å². The molecule has 0 heterocycles. The molecule has 0 atom stereocenters. The Morgan fingerprint density at radius 3 is 2.00 bits per heavy atom. The van der Waals surface area contributed by atoms with Gasteiger partial charge in [-0.05, 0) is 26.7 Å². The van der Waals surface area contributed by atoms with E-state index in [1.807, 2.05) is 0 Å². The summed E-state index contributed by atoms with van der Waals surface area (Å²) in [7, 11) is 0. The Morgan fingerprint density at radius 2 is 1.69 bits per heavy atom. The second kappa shape index (κ2) is 4.35. The zero-order valence-electron chi connectivity index (χ0n) is 7.83. The molecule has 0 saturated heterocycles. The van der Waals surface area contributed by atoms with Gasteiger partial charge in [-0.3, -0.25) is 0 Å². The minimum atomic E-state index is -4.28. The van der Waals surface area contributed by atoms with E-state index in [9.17, 15) is 13.2 Å². The van der Waals surface area contributed by atoms with Crippen molar-refractivity contribution >= 4 is 0 Å². The first kappa shape index (κ1) is 12.1. The molecule has 0 unspecified atom stereocenters. The van der Waals surface area contributed by atoms with Gasteiger partial charge in [0.25, 0.3) is 0 Å². The summed E-state index contributed by atoms with van der Waals surface area (Å²) in [5, 5.41) is 0. The summed E-state index contributed by atoms with van der Waals surface area (Å²) in [6, 6.07) is 0. The van der Waals surface area contributed by atoms with E-state index in [1.54, 1.807) is 13.8 Å². The van der Waals surface area contributed by atoms with E-state index < -0.39 is 11.7 Å². The van der Waals surface area contributed by atoms with Crippen LogP contribution in [0.5, 0.6) is 0 Å². The van der Waals surface area contributed by atoms with Crippen LogP contribution in [0.4, 0.5) is 13.2 Å². The van der Waals surface area contributed by atoms with Crippen LogP contribution < -0.4 is 5.73 Å². The predicted octanol–water partition coefficient (Wildman–Crippen LogP) is 3.14. The quantitative estimate of drug-likeness (QED) is 0.684. The number of allylic oxidation sites excluding steroid dienone is 3. The molecule has 4 heteroatoms. The molecule has 0 aromatic heterocycles. The molecule has 0 saturated carbocycles. The van der Waals surface area contributed by atoms with E-state index in [4.69, 9.17) is 5.73 Å². The van der Waals surface area contributed by atoms with E-state index in [-0.39, 0.29) is 6.42 Å². The van der Waals surface area contributed by atoms with Gasteiger partial charge in [0.05, 0.1) is 0 Å². The molecule has 2 N–H and O–H groups in total. The second-order valence-corrected chi connectivity index (χ2v) is 3.06. The molecule has 0 spiro atoms. The molecule has 1 nitrogen and oxygen atoms in total. The number of alkyl halides is 3. The lowest BCUT2D eigenvalue weighted by Crippen LogP contribution is -2.11. The Kier molecular flexibility index (Phi) is 4.04. The first-order valence-corrected chi connectivity index (χ1v) is 3.92. The maximum absolute atomic E-state index is 12.0. The van der Waals surface area contributed by atoms with Crippen molar-refractivity contribution in [1.29, 1.82) is 0 Å². The first-order chi connectivity index (χ1) is 5.75. The van der Waals surface area contributed by atoms with Gasteiger partial charge >= 0.3 is 6.18 Å². The number of nitrogens with two attached hydrogens (primary N) is 1. The smallest absolute Gasteiger partial charge is 0.402 e. The maximum Gasteiger partial charge on any atom is 0.412 e. The van der Waals surface area contributed by atoms with Crippen molar-refractivity contribution in [2.75, 3.05) is 0 Å². The summed E-state index contributed by atoms with van der Waals surface area (Å²) in [6.07, 6.45) is -4.03. The number of hydrogen-bond donors (Lipinski definition) is 1. The van der Waals surface area contributed by atoms with E-state index >= 15 is 0 Å². The molecule has 0 aliphatic heterocycles. The van der Waals surface area contributed by atoms with E-state index in [0.29, 0.717) is 12.1 Å². The fourth-order valence-electron chi connectivity index (χ4n) is 0.677. The van der Waals surface area contributed by atoms with Crippen LogP contribution in [0.2, 0.25) is 0 Å². The highest BCUT2D eigenvalue weighted by Gasteiger charge is 2.30. The molecular weight excluding hydrogens is 179 g/mol. The fraction of sp³-hybridized carbons (Fsp3) is 0.556. The minimum absolute atomic E-state index is 0.0795. The molecule has 0 amide bonds. The second-order valence-electron chi connectivity index (χ2n) is 3.06. The zero-order chi connectivity index (χ0) is 10.6. The third-order valence-electron chi connectivity index (χ3n) is 1.88. The SMILES string of the molecule is C=C(CC/C(C)=C(\C)N)C(F)(F)F. The molecule has 0 fully saturated rings. The van der Waals surface area contributed by atoms with Crippen LogP contribution in [0.1, 0.15) is 26.7 Å². The van der Waals surface area contributed by atoms with Gasteiger partial charge in [0.2, 0.25) is 0 Å². The Balaban J connectivity index is 4.07. The zero-order valence-corrected chi connectivity index (χ0v) is 7.83. The summed E-state index contributed by atoms with van der Waals surface area (Å²) in [4.78, 5) is 0. The van der Waals surface area contributed by atoms with Crippen LogP contribution in [-0.4, -0.2) is 6.18 Å². The van der Waals surface area contributed by atoms with Gasteiger partial charge in [-0.15, -0.1) is 0 Å². The molecule has 0 bridgehead atoms. The van der Waals surface area contributed by atoms with Gasteiger partial charge in [0.15, 0.2) is 0 Å². The molecule has 76 valence electrons. The van der Waals surface area contributed by atoms with Crippen LogP contribution in [0.25, 0.3) is 0 Å². The van der Waals surface area contributed by atoms with Crippen molar-refractivity contribution in [3.05, 3.63) is 23.4 Å². The largest absolute Gasteiger partial charge is 0.412 e. The third-order valence-corrected chi connectivity index (χ3v) is 1.88. The Hall–Kier alpha value is -0.930. The summed E-state index contributed by atoms with van der Waals surface area (Å²) in [5.41, 5.74) is 6.06. The third kappa shape index (κ3) is 4.60. The van der Waals surface area contributed by atoms with Crippen LogP contribution in [0.3, 0.4) is 0 Å². The molecule has 0 rings (SSSR count). The van der Waals surface area contributed by atoms with Crippen LogP contribution in [0.15, 0.2) is 23.4 Å². The Labute approximate surface area is 76.1 Å². The van der Waals surface area contributed by atoms with Crippen molar-refractivity contribution < 1.29 is 13.2 Å². The molecule has 0 radical (unpaired) electrons. The highest BCUT2D eigenvalue weighted by molar-refractivity contribution is 5.10. The molecular formula is C9H14F3N. The Bertz CT molecular complexity index is 222. The van der Waals surface area contributed by atoms with Gasteiger partial charge in [-0.25, -0.2) is 0 Å². The number of rotatable bonds is 3. The average Bonchev–Trinajstić information content (AvgIpc) is 1.97. The highest BCUT2D eigenvalue weighted by Crippen LogP contribution is 2.28. The lowest BCUT2D eigenvalue weighted by atomic mass is 10.1. The fourth-order valence-corrected chi connectivity index (χ4v) is 0.677. The topological polar surface area (TPSA) is 26.0 Å². The van der Waals surface area contributed by atoms with Crippen molar-refractivity contribution in [3.63, 3.8) is 0 Å². The summed E-state index contributed by atoms with van der Waals surface area (Å²) < 4.78 is 35.9. The number of halogens is 3. The molecule has 0 aromatic rings. The minimum Gasteiger partial charge on any atom is -0.402 e. The van der Waals surface area contributed by atoms with E-state index in [2.05, 4.69) is 6.58 Å². The average molecular weight is 193 g/mol. The monoisotopic (exact) mass is 193 g/mol. The van der Waals surface area contributed by atoms with Crippen molar-refractivity contribution in [1.82, 2.24) is 0 Å². The normalized spacial score (nSPS) is 13.9. The van der Waals surface area contributed by atoms with Gasteiger partial charge in [-0.2, -0.15) is 13.2 Å². The molecule has 0 aromatic carbocycles. The lowest BCUT2D eigenvalue weighted by molar-refractivity contribution is -0.0935. The predicted molar refractivity (Wildman–Crippen MR) is 47.0 cm³/mol. The lowest BCUT2D eigenvalue weighted by Gasteiger charge is -2.10. The van der Waals surface area contributed by atoms with E-state index in [1.165, 1.54) is 0 Å². The number of hydrogen-bond acceptors (Lipinski definition) is 1. The highest BCUT2D eigenvalue weighted by atomic mass is 19.4.